The van der Waals surface area contributed by atoms with Crippen LogP contribution in [0.1, 0.15) is 76.6 Å². The SMILES string of the molecule is CC(C)c1nc(C2CCCN2C(=O)CC(C)C2CCNCC2)no1. The van der Waals surface area contributed by atoms with E-state index in [0.29, 0.717) is 30.0 Å². The lowest BCUT2D eigenvalue weighted by Gasteiger charge is -2.30. The average Bonchev–Trinajstić information content (AvgIpc) is 3.24. The van der Waals surface area contributed by atoms with Crippen molar-refractivity contribution in [2.75, 3.05) is 19.6 Å². The number of nitrogens with one attached hydrogen (secondary N) is 1. The fraction of sp³-hybridized carbons (Fsp3) is 0.833. The summed E-state index contributed by atoms with van der Waals surface area (Å²) in [7, 11) is 0. The van der Waals surface area contributed by atoms with Crippen molar-refractivity contribution in [1.29, 1.82) is 0 Å². The van der Waals surface area contributed by atoms with Gasteiger partial charge in [-0.25, -0.2) is 0 Å². The van der Waals surface area contributed by atoms with Crippen LogP contribution in [0.25, 0.3) is 0 Å². The lowest BCUT2D eigenvalue weighted by Crippen LogP contribution is -2.35. The number of carbonyl (C=O) groups excluding carboxylic acids is 1. The normalized spacial score (nSPS) is 23.8. The third kappa shape index (κ3) is 3.79. The molecule has 0 saturated carbocycles. The quantitative estimate of drug-likeness (QED) is 0.896. The monoisotopic (exact) mass is 334 g/mol. The number of piperidine rings is 1. The molecule has 0 aliphatic carbocycles. The molecule has 2 atom stereocenters. The van der Waals surface area contributed by atoms with Gasteiger partial charge in [-0.3, -0.25) is 4.79 Å². The maximum absolute atomic E-state index is 12.8. The van der Waals surface area contributed by atoms with E-state index < -0.39 is 0 Å². The average molecular weight is 334 g/mol. The van der Waals surface area contributed by atoms with Crippen LogP contribution >= 0.6 is 0 Å². The molecule has 0 bridgehead atoms. The van der Waals surface area contributed by atoms with Gasteiger partial charge in [0.05, 0.1) is 6.04 Å². The molecule has 6 nitrogen and oxygen atoms in total. The van der Waals surface area contributed by atoms with E-state index in [9.17, 15) is 4.79 Å². The van der Waals surface area contributed by atoms with Crippen molar-refractivity contribution in [2.45, 2.75) is 64.8 Å². The molecule has 3 heterocycles. The molecule has 2 unspecified atom stereocenters. The lowest BCUT2D eigenvalue weighted by molar-refractivity contribution is -0.133. The molecule has 2 saturated heterocycles. The second-order valence-corrected chi connectivity index (χ2v) is 7.66. The van der Waals surface area contributed by atoms with Gasteiger partial charge in [0.25, 0.3) is 0 Å². The Labute approximate surface area is 144 Å². The number of nitrogens with zero attached hydrogens (tertiary/aromatic N) is 3. The molecule has 1 amide bonds. The summed E-state index contributed by atoms with van der Waals surface area (Å²) in [6.07, 6.45) is 4.95. The Bertz CT molecular complexity index is 551. The van der Waals surface area contributed by atoms with Gasteiger partial charge in [0.15, 0.2) is 5.82 Å². The highest BCUT2D eigenvalue weighted by atomic mass is 16.5. The third-order valence-electron chi connectivity index (χ3n) is 5.51. The number of amides is 1. The van der Waals surface area contributed by atoms with E-state index in [0.717, 1.165) is 32.5 Å². The topological polar surface area (TPSA) is 71.3 Å². The zero-order valence-corrected chi connectivity index (χ0v) is 15.1. The van der Waals surface area contributed by atoms with Gasteiger partial charge in [0.2, 0.25) is 11.8 Å². The van der Waals surface area contributed by atoms with Crippen LogP contribution in [0.4, 0.5) is 0 Å². The van der Waals surface area contributed by atoms with Crippen LogP contribution < -0.4 is 5.32 Å². The number of likely N-dealkylation sites (tertiary alicyclic amines) is 1. The first-order valence-electron chi connectivity index (χ1n) is 9.40. The molecule has 2 fully saturated rings. The van der Waals surface area contributed by atoms with Crippen LogP contribution in [-0.4, -0.2) is 40.6 Å². The highest BCUT2D eigenvalue weighted by Crippen LogP contribution is 2.33. The minimum Gasteiger partial charge on any atom is -0.339 e. The van der Waals surface area contributed by atoms with E-state index in [4.69, 9.17) is 4.52 Å². The van der Waals surface area contributed by atoms with Gasteiger partial charge >= 0.3 is 0 Å². The fourth-order valence-electron chi connectivity index (χ4n) is 3.92. The molecular formula is C18H30N4O2. The number of hydrogen-bond donors (Lipinski definition) is 1. The van der Waals surface area contributed by atoms with Crippen molar-refractivity contribution in [1.82, 2.24) is 20.4 Å². The molecule has 1 aromatic heterocycles. The summed E-state index contributed by atoms with van der Waals surface area (Å²) in [5.74, 6) is 2.91. The zero-order chi connectivity index (χ0) is 17.1. The van der Waals surface area contributed by atoms with Crippen LogP contribution in [0.3, 0.4) is 0 Å². The van der Waals surface area contributed by atoms with Gasteiger partial charge in [0, 0.05) is 18.9 Å². The van der Waals surface area contributed by atoms with Crippen molar-refractivity contribution in [2.24, 2.45) is 11.8 Å². The van der Waals surface area contributed by atoms with Crippen molar-refractivity contribution in [3.8, 4) is 0 Å². The Morgan fingerprint density at radius 2 is 2.04 bits per heavy atom. The second kappa shape index (κ2) is 7.64. The summed E-state index contributed by atoms with van der Waals surface area (Å²) in [6.45, 7) is 9.27. The zero-order valence-electron chi connectivity index (χ0n) is 15.1. The highest BCUT2D eigenvalue weighted by molar-refractivity contribution is 5.77. The minimum atomic E-state index is -0.00558. The van der Waals surface area contributed by atoms with Gasteiger partial charge in [0.1, 0.15) is 0 Å². The molecule has 0 aromatic carbocycles. The Morgan fingerprint density at radius 3 is 2.71 bits per heavy atom. The fourth-order valence-corrected chi connectivity index (χ4v) is 3.92. The molecule has 1 N–H and O–H groups in total. The molecule has 24 heavy (non-hydrogen) atoms. The van der Waals surface area contributed by atoms with E-state index in [1.807, 2.05) is 18.7 Å². The maximum Gasteiger partial charge on any atom is 0.229 e. The van der Waals surface area contributed by atoms with Gasteiger partial charge in [-0.15, -0.1) is 0 Å². The van der Waals surface area contributed by atoms with E-state index in [1.165, 1.54) is 12.8 Å². The van der Waals surface area contributed by atoms with Gasteiger partial charge in [-0.05, 0) is 50.6 Å². The molecule has 134 valence electrons. The van der Waals surface area contributed by atoms with Crippen molar-refractivity contribution < 1.29 is 9.32 Å². The number of hydrogen-bond acceptors (Lipinski definition) is 5. The van der Waals surface area contributed by atoms with E-state index >= 15 is 0 Å². The number of carbonyl (C=O) groups is 1. The standard InChI is InChI=1S/C18H30N4O2/c1-12(2)18-20-17(21-24-18)15-5-4-10-22(15)16(23)11-13(3)14-6-8-19-9-7-14/h12-15,19H,4-11H2,1-3H3. The Balaban J connectivity index is 1.62. The predicted molar refractivity (Wildman–Crippen MR) is 91.4 cm³/mol. The first-order valence-corrected chi connectivity index (χ1v) is 9.40. The summed E-state index contributed by atoms with van der Waals surface area (Å²) in [6, 6.07) is -0.00558. The molecule has 2 aliphatic heterocycles. The van der Waals surface area contributed by atoms with Crippen molar-refractivity contribution in [3.05, 3.63) is 11.7 Å². The Kier molecular flexibility index (Phi) is 5.54. The van der Waals surface area contributed by atoms with Crippen molar-refractivity contribution in [3.63, 3.8) is 0 Å². The summed E-state index contributed by atoms with van der Waals surface area (Å²) in [5.41, 5.74) is 0. The smallest absolute Gasteiger partial charge is 0.229 e. The molecule has 1 aromatic rings. The van der Waals surface area contributed by atoms with Crippen LogP contribution in [0.2, 0.25) is 0 Å². The molecule has 3 rings (SSSR count). The maximum atomic E-state index is 12.8. The molecule has 0 spiro atoms. The first kappa shape index (κ1) is 17.4. The Morgan fingerprint density at radius 1 is 1.29 bits per heavy atom. The van der Waals surface area contributed by atoms with E-state index in [2.05, 4.69) is 22.4 Å². The molecule has 6 heteroatoms. The summed E-state index contributed by atoms with van der Waals surface area (Å²) >= 11 is 0. The molecular weight excluding hydrogens is 304 g/mol. The van der Waals surface area contributed by atoms with Gasteiger partial charge in [-0.2, -0.15) is 4.98 Å². The van der Waals surface area contributed by atoms with Crippen LogP contribution in [0.15, 0.2) is 4.52 Å². The van der Waals surface area contributed by atoms with Gasteiger partial charge in [-0.1, -0.05) is 25.9 Å². The highest BCUT2D eigenvalue weighted by Gasteiger charge is 2.34. The third-order valence-corrected chi connectivity index (χ3v) is 5.51. The predicted octanol–water partition coefficient (Wildman–Crippen LogP) is 2.88. The molecule has 2 aliphatic rings. The van der Waals surface area contributed by atoms with E-state index in [-0.39, 0.29) is 17.9 Å². The summed E-state index contributed by atoms with van der Waals surface area (Å²) in [4.78, 5) is 19.3. The van der Waals surface area contributed by atoms with Crippen LogP contribution in [0.5, 0.6) is 0 Å². The molecule has 0 radical (unpaired) electrons. The largest absolute Gasteiger partial charge is 0.339 e. The summed E-state index contributed by atoms with van der Waals surface area (Å²) in [5, 5.41) is 7.53. The van der Waals surface area contributed by atoms with E-state index in [1.54, 1.807) is 0 Å². The number of aromatic nitrogens is 2. The number of rotatable bonds is 5. The van der Waals surface area contributed by atoms with Crippen LogP contribution in [0, 0.1) is 11.8 Å². The first-order chi connectivity index (χ1) is 11.6. The summed E-state index contributed by atoms with van der Waals surface area (Å²) < 4.78 is 5.34. The second-order valence-electron chi connectivity index (χ2n) is 7.66. The van der Waals surface area contributed by atoms with Crippen molar-refractivity contribution >= 4 is 5.91 Å². The van der Waals surface area contributed by atoms with Crippen LogP contribution in [-0.2, 0) is 4.79 Å². The van der Waals surface area contributed by atoms with Gasteiger partial charge < -0.3 is 14.7 Å². The Hall–Kier alpha value is -1.43. The lowest BCUT2D eigenvalue weighted by atomic mass is 9.84. The minimum absolute atomic E-state index is 0.00558.